The molecule has 0 bridgehead atoms. The molecule has 0 heterocycles. The number of anilines is 2. The van der Waals surface area contributed by atoms with Crippen molar-refractivity contribution in [2.24, 2.45) is 0 Å². The molecule has 0 aliphatic carbocycles. The van der Waals surface area contributed by atoms with Gasteiger partial charge in [0.05, 0.1) is 0 Å². The van der Waals surface area contributed by atoms with E-state index in [0.717, 1.165) is 5.57 Å². The van der Waals surface area contributed by atoms with E-state index in [1.54, 1.807) is 31.2 Å². The van der Waals surface area contributed by atoms with E-state index in [9.17, 15) is 9.59 Å². The molecule has 2 rings (SSSR count). The van der Waals surface area contributed by atoms with Crippen LogP contribution in [0.5, 0.6) is 0 Å². The minimum absolute atomic E-state index is 0.0359. The van der Waals surface area contributed by atoms with E-state index in [4.69, 9.17) is 9.47 Å². The van der Waals surface area contributed by atoms with Crippen LogP contribution in [0.25, 0.3) is 0 Å². The highest BCUT2D eigenvalue weighted by Crippen LogP contribution is 2.14. The van der Waals surface area contributed by atoms with Gasteiger partial charge in [0.2, 0.25) is 0 Å². The van der Waals surface area contributed by atoms with E-state index in [1.807, 2.05) is 36.4 Å². The van der Waals surface area contributed by atoms with Crippen molar-refractivity contribution >= 4 is 39.5 Å². The molecule has 6 nitrogen and oxygen atoms in total. The molecule has 7 heteroatoms. The second-order valence-electron chi connectivity index (χ2n) is 5.32. The van der Waals surface area contributed by atoms with Crippen molar-refractivity contribution in [3.8, 4) is 0 Å². The highest BCUT2D eigenvalue weighted by atomic mass is 79.9. The summed E-state index contributed by atoms with van der Waals surface area (Å²) >= 11 is 3.34. The van der Waals surface area contributed by atoms with E-state index >= 15 is 0 Å². The zero-order valence-corrected chi connectivity index (χ0v) is 15.8. The predicted octanol–water partition coefficient (Wildman–Crippen LogP) is 5.15. The normalized spacial score (nSPS) is 11.2. The number of carbonyl (C=O) groups excluding carboxylic acids is 2. The summed E-state index contributed by atoms with van der Waals surface area (Å²) in [6, 6.07) is 18.0. The van der Waals surface area contributed by atoms with Crippen LogP contribution in [-0.2, 0) is 9.47 Å². The van der Waals surface area contributed by atoms with E-state index in [0.29, 0.717) is 15.9 Å². The fourth-order valence-electron chi connectivity index (χ4n) is 1.86. The Balaban J connectivity index is 1.74. The Morgan fingerprint density at radius 1 is 0.808 bits per heavy atom. The van der Waals surface area contributed by atoms with Crippen LogP contribution in [0.1, 0.15) is 6.92 Å². The first-order valence-electron chi connectivity index (χ1n) is 7.86. The van der Waals surface area contributed by atoms with Crippen molar-refractivity contribution in [2.45, 2.75) is 6.92 Å². The number of benzene rings is 2. The molecular formula is C19H19BrN2O4. The van der Waals surface area contributed by atoms with E-state index < -0.39 is 12.2 Å². The SMILES string of the molecule is C/C(COC(=O)Nc1ccccc1)=C(/Br)COC(=O)Nc1ccccc1. The largest absolute Gasteiger partial charge is 0.445 e. The third kappa shape index (κ3) is 6.98. The summed E-state index contributed by atoms with van der Waals surface area (Å²) in [5.74, 6) is 0. The van der Waals surface area contributed by atoms with Crippen LogP contribution in [-0.4, -0.2) is 25.4 Å². The summed E-state index contributed by atoms with van der Waals surface area (Å²) in [6.45, 7) is 1.88. The van der Waals surface area contributed by atoms with Crippen molar-refractivity contribution in [2.75, 3.05) is 23.8 Å². The van der Waals surface area contributed by atoms with Crippen molar-refractivity contribution < 1.29 is 19.1 Å². The molecule has 2 aromatic rings. The Morgan fingerprint density at radius 3 is 1.69 bits per heavy atom. The number of rotatable bonds is 6. The smallest absolute Gasteiger partial charge is 0.411 e. The molecule has 0 saturated heterocycles. The van der Waals surface area contributed by atoms with E-state index in [2.05, 4.69) is 26.6 Å². The van der Waals surface area contributed by atoms with Crippen molar-refractivity contribution in [1.29, 1.82) is 0 Å². The molecule has 2 amide bonds. The summed E-state index contributed by atoms with van der Waals surface area (Å²) in [4.78, 5) is 23.5. The van der Waals surface area contributed by atoms with Gasteiger partial charge >= 0.3 is 12.2 Å². The van der Waals surface area contributed by atoms with Crippen LogP contribution >= 0.6 is 15.9 Å². The van der Waals surface area contributed by atoms with Crippen molar-refractivity contribution in [3.05, 3.63) is 70.7 Å². The lowest BCUT2D eigenvalue weighted by Gasteiger charge is -2.10. The molecular weight excluding hydrogens is 400 g/mol. The summed E-state index contributed by atoms with van der Waals surface area (Å²) in [7, 11) is 0. The average molecular weight is 419 g/mol. The monoisotopic (exact) mass is 418 g/mol. The highest BCUT2D eigenvalue weighted by Gasteiger charge is 2.08. The number of halogens is 1. The van der Waals surface area contributed by atoms with Gasteiger partial charge in [-0.2, -0.15) is 0 Å². The third-order valence-corrected chi connectivity index (χ3v) is 4.16. The Hall–Kier alpha value is -2.80. The highest BCUT2D eigenvalue weighted by molar-refractivity contribution is 9.11. The predicted molar refractivity (Wildman–Crippen MR) is 104 cm³/mol. The van der Waals surface area contributed by atoms with Gasteiger partial charge in [0.25, 0.3) is 0 Å². The number of amides is 2. The zero-order valence-electron chi connectivity index (χ0n) is 14.2. The lowest BCUT2D eigenvalue weighted by atomic mass is 10.3. The quantitative estimate of drug-likeness (QED) is 0.679. The second-order valence-corrected chi connectivity index (χ2v) is 6.28. The van der Waals surface area contributed by atoms with Gasteiger partial charge < -0.3 is 9.47 Å². The maximum Gasteiger partial charge on any atom is 0.411 e. The molecule has 2 N–H and O–H groups in total. The molecule has 0 unspecified atom stereocenters. The minimum Gasteiger partial charge on any atom is -0.445 e. The van der Waals surface area contributed by atoms with Gasteiger partial charge in [0.1, 0.15) is 13.2 Å². The Kier molecular flexibility index (Phi) is 7.70. The summed E-state index contributed by atoms with van der Waals surface area (Å²) in [5.41, 5.74) is 2.04. The first-order valence-corrected chi connectivity index (χ1v) is 8.65. The van der Waals surface area contributed by atoms with Gasteiger partial charge in [0.15, 0.2) is 0 Å². The van der Waals surface area contributed by atoms with Gasteiger partial charge in [-0.25, -0.2) is 9.59 Å². The van der Waals surface area contributed by atoms with Crippen LogP contribution in [0.15, 0.2) is 70.7 Å². The maximum atomic E-state index is 11.7. The van der Waals surface area contributed by atoms with Crippen LogP contribution in [0.3, 0.4) is 0 Å². The molecule has 0 atom stereocenters. The minimum atomic E-state index is -0.566. The van der Waals surface area contributed by atoms with Gasteiger partial charge in [-0.15, -0.1) is 0 Å². The molecule has 0 radical (unpaired) electrons. The number of para-hydroxylation sites is 2. The molecule has 26 heavy (non-hydrogen) atoms. The van der Waals surface area contributed by atoms with Gasteiger partial charge in [-0.3, -0.25) is 10.6 Å². The summed E-state index contributed by atoms with van der Waals surface area (Å²) < 4.78 is 10.9. The zero-order chi connectivity index (χ0) is 18.8. The summed E-state index contributed by atoms with van der Waals surface area (Å²) in [6.07, 6.45) is -1.12. The number of nitrogens with one attached hydrogen (secondary N) is 2. The van der Waals surface area contributed by atoms with Crippen molar-refractivity contribution in [3.63, 3.8) is 0 Å². The van der Waals surface area contributed by atoms with Gasteiger partial charge in [-0.05, 0) is 36.8 Å². The molecule has 0 aromatic heterocycles. The Morgan fingerprint density at radius 2 is 1.23 bits per heavy atom. The van der Waals surface area contributed by atoms with Gasteiger partial charge in [0, 0.05) is 15.9 Å². The van der Waals surface area contributed by atoms with E-state index in [-0.39, 0.29) is 13.2 Å². The van der Waals surface area contributed by atoms with Crippen molar-refractivity contribution in [1.82, 2.24) is 0 Å². The molecule has 0 fully saturated rings. The van der Waals surface area contributed by atoms with Crippen LogP contribution < -0.4 is 10.6 Å². The molecule has 2 aromatic carbocycles. The second kappa shape index (κ2) is 10.2. The van der Waals surface area contributed by atoms with E-state index in [1.165, 1.54) is 0 Å². The average Bonchev–Trinajstić information content (AvgIpc) is 2.65. The molecule has 0 spiro atoms. The lowest BCUT2D eigenvalue weighted by Crippen LogP contribution is -2.16. The van der Waals surface area contributed by atoms with Crippen LogP contribution in [0.2, 0.25) is 0 Å². The number of hydrogen-bond acceptors (Lipinski definition) is 4. The topological polar surface area (TPSA) is 76.7 Å². The molecule has 136 valence electrons. The van der Waals surface area contributed by atoms with Crippen LogP contribution in [0, 0.1) is 0 Å². The first kappa shape index (κ1) is 19.5. The Bertz CT molecular complexity index is 698. The van der Waals surface area contributed by atoms with Gasteiger partial charge in [-0.1, -0.05) is 52.3 Å². The number of hydrogen-bond donors (Lipinski definition) is 2. The van der Waals surface area contributed by atoms with Crippen LogP contribution in [0.4, 0.5) is 21.0 Å². The maximum absolute atomic E-state index is 11.7. The molecule has 0 aliphatic heterocycles. The fourth-order valence-corrected chi connectivity index (χ4v) is 2.08. The first-order chi connectivity index (χ1) is 12.5. The third-order valence-electron chi connectivity index (χ3n) is 3.25. The molecule has 0 aliphatic rings. The number of carbonyl (C=O) groups is 2. The summed E-state index contributed by atoms with van der Waals surface area (Å²) in [5, 5.41) is 5.23. The number of ether oxygens (including phenoxy) is 2. The molecule has 0 saturated carbocycles. The lowest BCUT2D eigenvalue weighted by molar-refractivity contribution is 0.167. The standard InChI is InChI=1S/C19H19BrN2O4/c1-14(12-25-18(23)21-15-8-4-2-5-9-15)17(20)13-26-19(24)22-16-10-6-3-7-11-16/h2-11H,12-13H2,1H3,(H,21,23)(H,22,24)/b17-14-. The fraction of sp³-hybridized carbons (Fsp3) is 0.158. The Labute approximate surface area is 160 Å².